The van der Waals surface area contributed by atoms with Crippen LogP contribution in [0.15, 0.2) is 18.2 Å². The van der Waals surface area contributed by atoms with Gasteiger partial charge in [-0.1, -0.05) is 18.2 Å². The van der Waals surface area contributed by atoms with Crippen LogP contribution in [0.3, 0.4) is 0 Å². The lowest BCUT2D eigenvalue weighted by Crippen LogP contribution is -2.24. The van der Waals surface area contributed by atoms with E-state index in [9.17, 15) is 4.79 Å². The number of rotatable bonds is 5. The van der Waals surface area contributed by atoms with E-state index in [0.29, 0.717) is 6.54 Å². The highest BCUT2D eigenvalue weighted by Crippen LogP contribution is 2.22. The van der Waals surface area contributed by atoms with E-state index in [2.05, 4.69) is 23.7 Å². The molecule has 1 aromatic carbocycles. The van der Waals surface area contributed by atoms with Crippen LogP contribution in [0.4, 0.5) is 0 Å². The molecule has 0 saturated heterocycles. The quantitative estimate of drug-likeness (QED) is 0.566. The second-order valence-corrected chi connectivity index (χ2v) is 4.03. The van der Waals surface area contributed by atoms with Crippen LogP contribution in [0.5, 0.6) is 0 Å². The molecule has 1 aliphatic carbocycles. The smallest absolute Gasteiger partial charge is 0.245 e. The molecule has 0 bridgehead atoms. The summed E-state index contributed by atoms with van der Waals surface area (Å²) in [7, 11) is 0. The number of carbonyl (C=O) groups is 1. The first-order valence-corrected chi connectivity index (χ1v) is 5.49. The van der Waals surface area contributed by atoms with E-state index in [1.165, 1.54) is 36.0 Å². The van der Waals surface area contributed by atoms with Gasteiger partial charge in [0.2, 0.25) is 5.91 Å². The first-order valence-electron chi connectivity index (χ1n) is 5.49. The lowest BCUT2D eigenvalue weighted by Gasteiger charge is -2.06. The highest BCUT2D eigenvalue weighted by molar-refractivity contribution is 5.74. The van der Waals surface area contributed by atoms with E-state index in [4.69, 9.17) is 10.6 Å². The Morgan fingerprint density at radius 1 is 1.38 bits per heavy atom. The fourth-order valence-corrected chi connectivity index (χ4v) is 1.99. The second-order valence-electron chi connectivity index (χ2n) is 4.03. The Balaban J connectivity index is 1.83. The predicted octanol–water partition coefficient (Wildman–Crippen LogP) is 0.682. The van der Waals surface area contributed by atoms with Gasteiger partial charge in [0, 0.05) is 6.54 Å². The minimum atomic E-state index is -0.471. The molecule has 3 N–H and O–H groups in total. The van der Waals surface area contributed by atoms with Gasteiger partial charge in [0.1, 0.15) is 6.61 Å². The Bertz CT molecular complexity index is 391. The van der Waals surface area contributed by atoms with Crippen LogP contribution in [0.25, 0.3) is 0 Å². The normalized spacial score (nSPS) is 13.8. The van der Waals surface area contributed by atoms with Crippen LogP contribution in [0.2, 0.25) is 0 Å². The van der Waals surface area contributed by atoms with Gasteiger partial charge < -0.3 is 5.73 Å². The molecule has 0 unspecified atom stereocenters. The van der Waals surface area contributed by atoms with Crippen LogP contribution in [0, 0.1) is 0 Å². The van der Waals surface area contributed by atoms with Crippen LogP contribution >= 0.6 is 0 Å². The molecule has 0 spiro atoms. The fraction of sp³-hybridized carbons (Fsp3) is 0.417. The Labute approximate surface area is 94.7 Å². The highest BCUT2D eigenvalue weighted by atomic mass is 16.6. The molecular formula is C12H16N2O2. The van der Waals surface area contributed by atoms with Crippen molar-refractivity contribution in [3.8, 4) is 0 Å². The number of carbonyl (C=O) groups excluding carboxylic acids is 1. The molecule has 0 fully saturated rings. The van der Waals surface area contributed by atoms with Crippen molar-refractivity contribution in [2.75, 3.05) is 6.61 Å². The van der Waals surface area contributed by atoms with Gasteiger partial charge in [-0.3, -0.25) is 9.63 Å². The maximum Gasteiger partial charge on any atom is 0.245 e. The van der Waals surface area contributed by atoms with Crippen molar-refractivity contribution in [2.45, 2.75) is 25.8 Å². The molecule has 0 radical (unpaired) electrons. The van der Waals surface area contributed by atoms with Crippen molar-refractivity contribution >= 4 is 5.91 Å². The van der Waals surface area contributed by atoms with Crippen molar-refractivity contribution in [1.82, 2.24) is 5.48 Å². The number of aryl methyl sites for hydroxylation is 2. The molecule has 0 aromatic heterocycles. The number of primary amides is 1. The van der Waals surface area contributed by atoms with Gasteiger partial charge in [-0.15, -0.1) is 0 Å². The zero-order valence-electron chi connectivity index (χ0n) is 9.16. The summed E-state index contributed by atoms with van der Waals surface area (Å²) in [5, 5.41) is 0. The average molecular weight is 220 g/mol. The van der Waals surface area contributed by atoms with E-state index < -0.39 is 5.91 Å². The third-order valence-corrected chi connectivity index (χ3v) is 2.76. The van der Waals surface area contributed by atoms with E-state index in [1.807, 2.05) is 0 Å². The molecule has 86 valence electrons. The average Bonchev–Trinajstić information content (AvgIpc) is 2.71. The Hall–Kier alpha value is -1.39. The minimum absolute atomic E-state index is 0.0923. The van der Waals surface area contributed by atoms with Crippen LogP contribution in [-0.2, 0) is 29.0 Å². The number of fused-ring (bicyclic) bond motifs is 1. The summed E-state index contributed by atoms with van der Waals surface area (Å²) in [5.74, 6) is -0.471. The van der Waals surface area contributed by atoms with E-state index in [-0.39, 0.29) is 6.61 Å². The molecule has 1 aromatic rings. The first kappa shape index (κ1) is 11.1. The molecule has 1 aliphatic rings. The molecule has 16 heavy (non-hydrogen) atoms. The third-order valence-electron chi connectivity index (χ3n) is 2.76. The molecule has 0 heterocycles. The summed E-state index contributed by atoms with van der Waals surface area (Å²) in [4.78, 5) is 15.3. The van der Waals surface area contributed by atoms with Gasteiger partial charge in [-0.25, -0.2) is 0 Å². The number of benzene rings is 1. The molecule has 1 amide bonds. The van der Waals surface area contributed by atoms with Gasteiger partial charge in [-0.2, -0.15) is 5.48 Å². The monoisotopic (exact) mass is 220 g/mol. The van der Waals surface area contributed by atoms with Crippen molar-refractivity contribution in [1.29, 1.82) is 0 Å². The van der Waals surface area contributed by atoms with Gasteiger partial charge >= 0.3 is 0 Å². The van der Waals surface area contributed by atoms with Crippen LogP contribution in [-0.4, -0.2) is 12.5 Å². The zero-order valence-corrected chi connectivity index (χ0v) is 9.16. The standard InChI is InChI=1S/C12H16N2O2/c13-12(15)8-16-14-7-9-4-5-10-2-1-3-11(10)6-9/h4-6,14H,1-3,7-8H2,(H2,13,15). The maximum absolute atomic E-state index is 10.4. The number of hydrogen-bond acceptors (Lipinski definition) is 3. The summed E-state index contributed by atoms with van der Waals surface area (Å²) in [6, 6.07) is 6.46. The Morgan fingerprint density at radius 2 is 2.19 bits per heavy atom. The summed E-state index contributed by atoms with van der Waals surface area (Å²) in [5.41, 5.74) is 11.7. The van der Waals surface area contributed by atoms with E-state index in [0.717, 1.165) is 0 Å². The number of nitrogens with two attached hydrogens (primary N) is 1. The maximum atomic E-state index is 10.4. The third kappa shape index (κ3) is 2.81. The molecule has 2 rings (SSSR count). The Kier molecular flexibility index (Phi) is 3.54. The zero-order chi connectivity index (χ0) is 11.4. The number of nitrogens with one attached hydrogen (secondary N) is 1. The summed E-state index contributed by atoms with van der Waals surface area (Å²) < 4.78 is 0. The molecule has 0 saturated carbocycles. The van der Waals surface area contributed by atoms with Gasteiger partial charge in [0.15, 0.2) is 0 Å². The van der Waals surface area contributed by atoms with Crippen molar-refractivity contribution in [3.63, 3.8) is 0 Å². The van der Waals surface area contributed by atoms with Crippen molar-refractivity contribution < 1.29 is 9.63 Å². The van der Waals surface area contributed by atoms with Gasteiger partial charge in [0.25, 0.3) is 0 Å². The van der Waals surface area contributed by atoms with Gasteiger partial charge in [-0.05, 0) is 36.0 Å². The van der Waals surface area contributed by atoms with E-state index in [1.54, 1.807) is 0 Å². The SMILES string of the molecule is NC(=O)CONCc1ccc2c(c1)CCC2. The molecule has 0 aliphatic heterocycles. The highest BCUT2D eigenvalue weighted by Gasteiger charge is 2.10. The topological polar surface area (TPSA) is 64.4 Å². The first-order chi connectivity index (χ1) is 7.75. The minimum Gasteiger partial charge on any atom is -0.368 e. The summed E-state index contributed by atoms with van der Waals surface area (Å²) in [6.45, 7) is 0.505. The predicted molar refractivity (Wildman–Crippen MR) is 60.5 cm³/mol. The fourth-order valence-electron chi connectivity index (χ4n) is 1.99. The number of amides is 1. The Morgan fingerprint density at radius 3 is 3.00 bits per heavy atom. The molecular weight excluding hydrogens is 204 g/mol. The molecule has 0 atom stereocenters. The lowest BCUT2D eigenvalue weighted by molar-refractivity contribution is -0.125. The summed E-state index contributed by atoms with van der Waals surface area (Å²) in [6.07, 6.45) is 3.62. The van der Waals surface area contributed by atoms with E-state index >= 15 is 0 Å². The second kappa shape index (κ2) is 5.09. The number of hydroxylamine groups is 1. The lowest BCUT2D eigenvalue weighted by atomic mass is 10.1. The van der Waals surface area contributed by atoms with Crippen LogP contribution in [0.1, 0.15) is 23.1 Å². The summed E-state index contributed by atoms with van der Waals surface area (Å²) >= 11 is 0. The molecule has 4 nitrogen and oxygen atoms in total. The molecule has 4 heteroatoms. The number of hydrogen-bond donors (Lipinski definition) is 2. The van der Waals surface area contributed by atoms with Gasteiger partial charge in [0.05, 0.1) is 0 Å². The van der Waals surface area contributed by atoms with Crippen molar-refractivity contribution in [3.05, 3.63) is 34.9 Å². The van der Waals surface area contributed by atoms with Crippen molar-refractivity contribution in [2.24, 2.45) is 5.73 Å². The largest absolute Gasteiger partial charge is 0.368 e. The van der Waals surface area contributed by atoms with Crippen LogP contribution < -0.4 is 11.2 Å².